The van der Waals surface area contributed by atoms with Gasteiger partial charge in [-0.25, -0.2) is 9.97 Å². The quantitative estimate of drug-likeness (QED) is 0.520. The zero-order valence-corrected chi connectivity index (χ0v) is 12.4. The van der Waals surface area contributed by atoms with E-state index in [1.807, 2.05) is 25.1 Å². The minimum Gasteiger partial charge on any atom is -0.233 e. The minimum absolute atomic E-state index is 0.829. The van der Waals surface area contributed by atoms with Crippen molar-refractivity contribution in [3.8, 4) is 0 Å². The predicted molar refractivity (Wildman–Crippen MR) is 85.0 cm³/mol. The maximum absolute atomic E-state index is 4.59. The lowest BCUT2D eigenvalue weighted by molar-refractivity contribution is 1.01. The van der Waals surface area contributed by atoms with Gasteiger partial charge in [0.05, 0.1) is 5.52 Å². The molecule has 0 aliphatic carbocycles. The average molecular weight is 280 g/mol. The van der Waals surface area contributed by atoms with Crippen molar-refractivity contribution >= 4 is 22.7 Å². The fourth-order valence-electron chi connectivity index (χ4n) is 2.10. The molecule has 0 spiro atoms. The lowest BCUT2D eigenvalue weighted by atomic mass is 10.2. The largest absolute Gasteiger partial charge is 0.233 e. The molecule has 0 amide bonds. The summed E-state index contributed by atoms with van der Waals surface area (Å²) in [6.45, 7) is 4.06. The highest BCUT2D eigenvalue weighted by atomic mass is 32.2. The number of aromatic nitrogens is 2. The Morgan fingerprint density at radius 3 is 2.45 bits per heavy atom. The molecule has 1 heterocycles. The third kappa shape index (κ3) is 2.83. The lowest BCUT2D eigenvalue weighted by Crippen LogP contribution is -1.93. The number of fused-ring (bicyclic) bond motifs is 1. The second-order valence-electron chi connectivity index (χ2n) is 4.87. The molecule has 1 aromatic heterocycles. The van der Waals surface area contributed by atoms with Crippen LogP contribution in [0.4, 0.5) is 0 Å². The van der Waals surface area contributed by atoms with Gasteiger partial charge in [-0.15, -0.1) is 11.8 Å². The third-order valence-corrected chi connectivity index (χ3v) is 4.24. The van der Waals surface area contributed by atoms with Gasteiger partial charge >= 0.3 is 0 Å². The van der Waals surface area contributed by atoms with E-state index in [9.17, 15) is 0 Å². The number of aryl methyl sites for hydroxylation is 2. The van der Waals surface area contributed by atoms with Crippen LogP contribution in [0.15, 0.2) is 53.6 Å². The molecule has 3 rings (SSSR count). The van der Waals surface area contributed by atoms with Gasteiger partial charge in [0.25, 0.3) is 0 Å². The molecule has 0 fully saturated rings. The van der Waals surface area contributed by atoms with Crippen molar-refractivity contribution in [2.24, 2.45) is 0 Å². The fraction of sp³-hybridized carbons (Fsp3) is 0.176. The van der Waals surface area contributed by atoms with Crippen LogP contribution in [0, 0.1) is 13.8 Å². The van der Waals surface area contributed by atoms with E-state index < -0.39 is 0 Å². The smallest absolute Gasteiger partial charge is 0.127 e. The normalized spacial score (nSPS) is 10.9. The standard InChI is InChI=1S/C17H16N2S/c1-12-7-9-14(10-8-12)11-20-17-15-5-3-4-6-16(15)18-13(2)19-17/h3-10H,11H2,1-2H3. The van der Waals surface area contributed by atoms with Gasteiger partial charge < -0.3 is 0 Å². The Labute approximate surface area is 123 Å². The highest BCUT2D eigenvalue weighted by Gasteiger charge is 2.06. The van der Waals surface area contributed by atoms with Crippen LogP contribution in [0.2, 0.25) is 0 Å². The van der Waals surface area contributed by atoms with Gasteiger partial charge in [-0.3, -0.25) is 0 Å². The Balaban J connectivity index is 1.88. The number of hydrogen-bond acceptors (Lipinski definition) is 3. The summed E-state index contributed by atoms with van der Waals surface area (Å²) >= 11 is 1.77. The zero-order valence-electron chi connectivity index (χ0n) is 11.6. The minimum atomic E-state index is 0.829. The summed E-state index contributed by atoms with van der Waals surface area (Å²) in [4.78, 5) is 9.06. The van der Waals surface area contributed by atoms with Crippen LogP contribution in [0.5, 0.6) is 0 Å². The SMILES string of the molecule is Cc1ccc(CSc2nc(C)nc3ccccc23)cc1. The van der Waals surface area contributed by atoms with Gasteiger partial charge in [0, 0.05) is 11.1 Å². The van der Waals surface area contributed by atoms with Crippen molar-refractivity contribution in [3.63, 3.8) is 0 Å². The zero-order chi connectivity index (χ0) is 13.9. The molecule has 2 aromatic carbocycles. The molecule has 0 atom stereocenters. The van der Waals surface area contributed by atoms with Crippen molar-refractivity contribution < 1.29 is 0 Å². The van der Waals surface area contributed by atoms with Crippen LogP contribution >= 0.6 is 11.8 Å². The number of benzene rings is 2. The summed E-state index contributed by atoms with van der Waals surface area (Å²) in [5, 5.41) is 2.20. The highest BCUT2D eigenvalue weighted by Crippen LogP contribution is 2.27. The van der Waals surface area contributed by atoms with Crippen LogP contribution < -0.4 is 0 Å². The molecular formula is C17H16N2S. The first kappa shape index (κ1) is 13.1. The van der Waals surface area contributed by atoms with E-state index in [1.54, 1.807) is 11.8 Å². The van der Waals surface area contributed by atoms with Crippen LogP contribution in [0.25, 0.3) is 10.9 Å². The van der Waals surface area contributed by atoms with E-state index in [0.29, 0.717) is 0 Å². The van der Waals surface area contributed by atoms with Crippen molar-refractivity contribution in [2.45, 2.75) is 24.6 Å². The van der Waals surface area contributed by atoms with E-state index >= 15 is 0 Å². The van der Waals surface area contributed by atoms with Gasteiger partial charge in [-0.2, -0.15) is 0 Å². The van der Waals surface area contributed by atoms with Crippen molar-refractivity contribution in [2.75, 3.05) is 0 Å². The Hall–Kier alpha value is -1.87. The van der Waals surface area contributed by atoms with Gasteiger partial charge in [0.15, 0.2) is 0 Å². The average Bonchev–Trinajstić information content (AvgIpc) is 2.46. The molecule has 0 unspecified atom stereocenters. The second-order valence-corrected chi connectivity index (χ2v) is 5.83. The van der Waals surface area contributed by atoms with Crippen molar-refractivity contribution in [1.29, 1.82) is 0 Å². The molecule has 0 aliphatic heterocycles. The number of para-hydroxylation sites is 1. The Morgan fingerprint density at radius 1 is 0.900 bits per heavy atom. The first-order chi connectivity index (χ1) is 9.72. The van der Waals surface area contributed by atoms with Gasteiger partial charge in [0.1, 0.15) is 10.9 Å². The maximum atomic E-state index is 4.59. The number of thioether (sulfide) groups is 1. The number of rotatable bonds is 3. The lowest BCUT2D eigenvalue weighted by Gasteiger charge is -2.06. The summed E-state index contributed by atoms with van der Waals surface area (Å²) in [6, 6.07) is 16.8. The van der Waals surface area contributed by atoms with Gasteiger partial charge in [-0.1, -0.05) is 48.0 Å². The molecular weight excluding hydrogens is 264 g/mol. The first-order valence-electron chi connectivity index (χ1n) is 6.64. The summed E-state index contributed by atoms with van der Waals surface area (Å²) in [5.41, 5.74) is 3.63. The monoisotopic (exact) mass is 280 g/mol. The molecule has 2 nitrogen and oxygen atoms in total. The molecule has 0 saturated carbocycles. The Kier molecular flexibility index (Phi) is 3.70. The molecule has 20 heavy (non-hydrogen) atoms. The van der Waals surface area contributed by atoms with E-state index in [0.717, 1.165) is 27.5 Å². The van der Waals surface area contributed by atoms with E-state index in [4.69, 9.17) is 0 Å². The van der Waals surface area contributed by atoms with E-state index in [2.05, 4.69) is 47.2 Å². The van der Waals surface area contributed by atoms with Crippen molar-refractivity contribution in [3.05, 3.63) is 65.5 Å². The summed E-state index contributed by atoms with van der Waals surface area (Å²) in [5.74, 6) is 1.76. The molecule has 0 N–H and O–H groups in total. The Morgan fingerprint density at radius 2 is 1.65 bits per heavy atom. The van der Waals surface area contributed by atoms with Crippen molar-refractivity contribution in [1.82, 2.24) is 9.97 Å². The topological polar surface area (TPSA) is 25.8 Å². The molecule has 0 radical (unpaired) electrons. The summed E-state index contributed by atoms with van der Waals surface area (Å²) < 4.78 is 0. The first-order valence-corrected chi connectivity index (χ1v) is 7.63. The predicted octanol–water partition coefficient (Wildman–Crippen LogP) is 4.54. The van der Waals surface area contributed by atoms with Crippen LogP contribution in [-0.2, 0) is 5.75 Å². The molecule has 0 saturated heterocycles. The van der Waals surface area contributed by atoms with Crippen LogP contribution in [0.1, 0.15) is 17.0 Å². The third-order valence-electron chi connectivity index (χ3n) is 3.18. The summed E-state index contributed by atoms with van der Waals surface area (Å²) in [6.07, 6.45) is 0. The molecule has 100 valence electrons. The van der Waals surface area contributed by atoms with Gasteiger partial charge in [0.2, 0.25) is 0 Å². The molecule has 0 bridgehead atoms. The fourth-order valence-corrected chi connectivity index (χ4v) is 3.13. The molecule has 0 aliphatic rings. The summed E-state index contributed by atoms with van der Waals surface area (Å²) in [7, 11) is 0. The Bertz CT molecular complexity index is 736. The van der Waals surface area contributed by atoms with Gasteiger partial charge in [-0.05, 0) is 25.5 Å². The molecule has 3 aromatic rings. The maximum Gasteiger partial charge on any atom is 0.127 e. The van der Waals surface area contributed by atoms with Crippen LogP contribution in [-0.4, -0.2) is 9.97 Å². The number of nitrogens with zero attached hydrogens (tertiary/aromatic N) is 2. The molecule has 3 heteroatoms. The van der Waals surface area contributed by atoms with E-state index in [-0.39, 0.29) is 0 Å². The second kappa shape index (κ2) is 5.63. The van der Waals surface area contributed by atoms with E-state index in [1.165, 1.54) is 11.1 Å². The van der Waals surface area contributed by atoms with Crippen LogP contribution in [0.3, 0.4) is 0 Å². The number of hydrogen-bond donors (Lipinski definition) is 0. The highest BCUT2D eigenvalue weighted by molar-refractivity contribution is 7.98.